The second-order valence-corrected chi connectivity index (χ2v) is 6.64. The summed E-state index contributed by atoms with van der Waals surface area (Å²) in [5.41, 5.74) is 1.99. The monoisotopic (exact) mass is 327 g/mol. The summed E-state index contributed by atoms with van der Waals surface area (Å²) < 4.78 is 0. The molecule has 3 N–H and O–H groups in total. The van der Waals surface area contributed by atoms with Crippen LogP contribution in [0.4, 0.5) is 11.4 Å². The first-order chi connectivity index (χ1) is 10.8. The molecule has 4 nitrogen and oxygen atoms in total. The van der Waals surface area contributed by atoms with E-state index in [4.69, 9.17) is 12.2 Å². The molecule has 23 heavy (non-hydrogen) atoms. The highest BCUT2D eigenvalue weighted by molar-refractivity contribution is 7.80. The van der Waals surface area contributed by atoms with E-state index in [9.17, 15) is 4.79 Å². The minimum Gasteiger partial charge on any atom is -0.347 e. The Hall–Kier alpha value is -2.40. The number of benzene rings is 2. The quantitative estimate of drug-likeness (QED) is 0.745. The van der Waals surface area contributed by atoms with Gasteiger partial charge in [-0.1, -0.05) is 24.3 Å². The smallest absolute Gasteiger partial charge is 0.251 e. The molecule has 0 aromatic heterocycles. The van der Waals surface area contributed by atoms with Crippen LogP contribution in [0.5, 0.6) is 0 Å². The van der Waals surface area contributed by atoms with Crippen LogP contribution in [0, 0.1) is 0 Å². The molecule has 0 bridgehead atoms. The van der Waals surface area contributed by atoms with Crippen molar-refractivity contribution in [2.45, 2.75) is 26.3 Å². The molecule has 5 heteroatoms. The molecule has 0 saturated carbocycles. The van der Waals surface area contributed by atoms with Crippen LogP contribution in [-0.2, 0) is 0 Å². The van der Waals surface area contributed by atoms with Crippen LogP contribution in [0.2, 0.25) is 0 Å². The Morgan fingerprint density at radius 3 is 2.17 bits per heavy atom. The van der Waals surface area contributed by atoms with E-state index in [1.54, 1.807) is 12.1 Å². The zero-order chi connectivity index (χ0) is 16.9. The molecule has 120 valence electrons. The third kappa shape index (κ3) is 5.71. The molecule has 0 unspecified atom stereocenters. The fraction of sp³-hybridized carbons (Fsp3) is 0.222. The molecule has 0 atom stereocenters. The summed E-state index contributed by atoms with van der Waals surface area (Å²) in [6.07, 6.45) is 0. The number of nitrogens with one attached hydrogen (secondary N) is 3. The van der Waals surface area contributed by atoms with Crippen molar-refractivity contribution in [1.82, 2.24) is 5.32 Å². The van der Waals surface area contributed by atoms with Gasteiger partial charge in [0.2, 0.25) is 0 Å². The fourth-order valence-corrected chi connectivity index (χ4v) is 2.20. The van der Waals surface area contributed by atoms with Gasteiger partial charge in [-0.15, -0.1) is 0 Å². The summed E-state index contributed by atoms with van der Waals surface area (Å²) in [6, 6.07) is 16.9. The van der Waals surface area contributed by atoms with Crippen LogP contribution in [0.1, 0.15) is 31.1 Å². The zero-order valence-electron chi connectivity index (χ0n) is 13.5. The van der Waals surface area contributed by atoms with E-state index in [0.29, 0.717) is 10.7 Å². The molecular weight excluding hydrogens is 306 g/mol. The van der Waals surface area contributed by atoms with Crippen LogP contribution in [-0.4, -0.2) is 16.6 Å². The molecule has 0 radical (unpaired) electrons. The lowest BCUT2D eigenvalue weighted by molar-refractivity contribution is 0.0919. The molecule has 0 fully saturated rings. The average molecular weight is 327 g/mol. The Balaban J connectivity index is 2.02. The Bertz CT molecular complexity index is 693. The Morgan fingerprint density at radius 1 is 0.913 bits per heavy atom. The van der Waals surface area contributed by atoms with Gasteiger partial charge in [0, 0.05) is 22.5 Å². The lowest BCUT2D eigenvalue weighted by atomic mass is 10.1. The van der Waals surface area contributed by atoms with Gasteiger partial charge >= 0.3 is 0 Å². The summed E-state index contributed by atoms with van der Waals surface area (Å²) in [4.78, 5) is 12.2. The molecule has 2 aromatic carbocycles. The van der Waals surface area contributed by atoms with Crippen LogP contribution < -0.4 is 16.0 Å². The fourth-order valence-electron chi connectivity index (χ4n) is 1.97. The highest BCUT2D eigenvalue weighted by Crippen LogP contribution is 2.13. The van der Waals surface area contributed by atoms with Crippen molar-refractivity contribution >= 4 is 34.6 Å². The number of hydrogen-bond donors (Lipinski definition) is 3. The summed E-state index contributed by atoms with van der Waals surface area (Å²) in [5.74, 6) is -0.108. The minimum absolute atomic E-state index is 0.108. The first-order valence-corrected chi connectivity index (χ1v) is 7.80. The van der Waals surface area contributed by atoms with Crippen LogP contribution in [0.15, 0.2) is 54.6 Å². The SMILES string of the molecule is CC(C)(C)NC(=O)c1cccc(NC(=S)Nc2ccccc2)c1. The predicted molar refractivity (Wildman–Crippen MR) is 99.9 cm³/mol. The molecule has 0 saturated heterocycles. The number of amides is 1. The average Bonchev–Trinajstić information content (AvgIpc) is 2.46. The van der Waals surface area contributed by atoms with Crippen molar-refractivity contribution in [1.29, 1.82) is 0 Å². The largest absolute Gasteiger partial charge is 0.347 e. The third-order valence-electron chi connectivity index (χ3n) is 2.90. The number of anilines is 2. The highest BCUT2D eigenvalue weighted by Gasteiger charge is 2.15. The van der Waals surface area contributed by atoms with E-state index >= 15 is 0 Å². The van der Waals surface area contributed by atoms with Gasteiger partial charge < -0.3 is 16.0 Å². The lowest BCUT2D eigenvalue weighted by Crippen LogP contribution is -2.40. The Labute approximate surface area is 142 Å². The molecular formula is C18H21N3OS. The van der Waals surface area contributed by atoms with Crippen molar-refractivity contribution in [3.05, 3.63) is 60.2 Å². The number of para-hydroxylation sites is 1. The van der Waals surface area contributed by atoms with Crippen molar-refractivity contribution in [2.24, 2.45) is 0 Å². The summed E-state index contributed by atoms with van der Waals surface area (Å²) in [6.45, 7) is 5.85. The van der Waals surface area contributed by atoms with Gasteiger partial charge in [-0.05, 0) is 63.3 Å². The van der Waals surface area contributed by atoms with E-state index in [2.05, 4.69) is 16.0 Å². The van der Waals surface area contributed by atoms with Gasteiger partial charge in [-0.3, -0.25) is 4.79 Å². The number of hydrogen-bond acceptors (Lipinski definition) is 2. The number of thiocarbonyl (C=S) groups is 1. The van der Waals surface area contributed by atoms with E-state index < -0.39 is 0 Å². The van der Waals surface area contributed by atoms with Crippen molar-refractivity contribution in [3.8, 4) is 0 Å². The van der Waals surface area contributed by atoms with Crippen molar-refractivity contribution < 1.29 is 4.79 Å². The minimum atomic E-state index is -0.273. The third-order valence-corrected chi connectivity index (χ3v) is 3.11. The van der Waals surface area contributed by atoms with Gasteiger partial charge in [0.1, 0.15) is 0 Å². The van der Waals surface area contributed by atoms with Gasteiger partial charge in [0.15, 0.2) is 5.11 Å². The van der Waals surface area contributed by atoms with Gasteiger partial charge in [-0.2, -0.15) is 0 Å². The van der Waals surface area contributed by atoms with E-state index in [1.165, 1.54) is 0 Å². The molecule has 0 aliphatic rings. The number of rotatable bonds is 3. The van der Waals surface area contributed by atoms with Gasteiger partial charge in [0.05, 0.1) is 0 Å². The molecule has 0 aliphatic heterocycles. The first-order valence-electron chi connectivity index (χ1n) is 7.39. The van der Waals surface area contributed by atoms with Crippen LogP contribution >= 0.6 is 12.2 Å². The summed E-state index contributed by atoms with van der Waals surface area (Å²) in [5, 5.41) is 9.60. The Kier molecular flexibility index (Phi) is 5.34. The maximum Gasteiger partial charge on any atom is 0.251 e. The molecule has 2 rings (SSSR count). The lowest BCUT2D eigenvalue weighted by Gasteiger charge is -2.20. The van der Waals surface area contributed by atoms with Crippen LogP contribution in [0.25, 0.3) is 0 Å². The first kappa shape index (κ1) is 17.0. The van der Waals surface area contributed by atoms with E-state index in [1.807, 2.05) is 63.2 Å². The normalized spacial score (nSPS) is 10.7. The summed E-state index contributed by atoms with van der Waals surface area (Å²) >= 11 is 5.29. The van der Waals surface area contributed by atoms with Crippen LogP contribution in [0.3, 0.4) is 0 Å². The number of carbonyl (C=O) groups is 1. The van der Waals surface area contributed by atoms with Crippen molar-refractivity contribution in [3.63, 3.8) is 0 Å². The standard InChI is InChI=1S/C18H21N3OS/c1-18(2,3)21-16(22)13-8-7-11-15(12-13)20-17(23)19-14-9-5-4-6-10-14/h4-12H,1-3H3,(H,21,22)(H2,19,20,23). The van der Waals surface area contributed by atoms with E-state index in [-0.39, 0.29) is 11.4 Å². The topological polar surface area (TPSA) is 53.2 Å². The molecule has 0 heterocycles. The number of carbonyl (C=O) groups excluding carboxylic acids is 1. The molecule has 0 spiro atoms. The second kappa shape index (κ2) is 7.24. The second-order valence-electron chi connectivity index (χ2n) is 6.23. The Morgan fingerprint density at radius 2 is 1.52 bits per heavy atom. The molecule has 2 aromatic rings. The molecule has 1 amide bonds. The zero-order valence-corrected chi connectivity index (χ0v) is 14.3. The predicted octanol–water partition coefficient (Wildman–Crippen LogP) is 4.02. The van der Waals surface area contributed by atoms with E-state index in [0.717, 1.165) is 11.4 Å². The maximum atomic E-state index is 12.2. The van der Waals surface area contributed by atoms with Gasteiger partial charge in [0.25, 0.3) is 5.91 Å². The summed E-state index contributed by atoms with van der Waals surface area (Å²) in [7, 11) is 0. The van der Waals surface area contributed by atoms with Crippen molar-refractivity contribution in [2.75, 3.05) is 10.6 Å². The van der Waals surface area contributed by atoms with Gasteiger partial charge in [-0.25, -0.2) is 0 Å². The highest BCUT2D eigenvalue weighted by atomic mass is 32.1. The maximum absolute atomic E-state index is 12.2. The molecule has 0 aliphatic carbocycles.